The second kappa shape index (κ2) is 7.97. The summed E-state index contributed by atoms with van der Waals surface area (Å²) in [6, 6.07) is 11.3. The third-order valence-electron chi connectivity index (χ3n) is 5.28. The van der Waals surface area contributed by atoms with Gasteiger partial charge in [-0.15, -0.1) is 0 Å². The number of ether oxygens (including phenoxy) is 1. The first kappa shape index (κ1) is 19.8. The van der Waals surface area contributed by atoms with Crippen molar-refractivity contribution in [3.05, 3.63) is 64.2 Å². The maximum atomic E-state index is 12.4. The number of hydrogen-bond acceptors (Lipinski definition) is 4. The average Bonchev–Trinajstić information content (AvgIpc) is 3.03. The lowest BCUT2D eigenvalue weighted by Crippen LogP contribution is -2.27. The summed E-state index contributed by atoms with van der Waals surface area (Å²) in [6.45, 7) is 7.82. The highest BCUT2D eigenvalue weighted by atomic mass is 16.5. The molecule has 0 radical (unpaired) electrons. The molecular formula is C23H25NO4. The summed E-state index contributed by atoms with van der Waals surface area (Å²) in [5, 5.41) is 0. The molecule has 1 aliphatic rings. The van der Waals surface area contributed by atoms with Gasteiger partial charge in [-0.1, -0.05) is 29.8 Å². The summed E-state index contributed by atoms with van der Waals surface area (Å²) in [6.07, 6.45) is 0.101. The smallest absolute Gasteiger partial charge is 0.311 e. The largest absolute Gasteiger partial charge is 0.457 e. The molecule has 3 rings (SSSR count). The molecule has 0 unspecified atom stereocenters. The van der Waals surface area contributed by atoms with Crippen molar-refractivity contribution in [1.29, 1.82) is 0 Å². The van der Waals surface area contributed by atoms with Crippen molar-refractivity contribution < 1.29 is 19.1 Å². The second-order valence-electron chi connectivity index (χ2n) is 7.53. The molecule has 1 fully saturated rings. The van der Waals surface area contributed by atoms with Crippen LogP contribution in [0.15, 0.2) is 36.4 Å². The zero-order chi connectivity index (χ0) is 20.4. The van der Waals surface area contributed by atoms with Crippen molar-refractivity contribution in [2.75, 3.05) is 18.1 Å². The van der Waals surface area contributed by atoms with Gasteiger partial charge in [0.2, 0.25) is 5.91 Å². The molecular weight excluding hydrogens is 354 g/mol. The van der Waals surface area contributed by atoms with Crippen LogP contribution in [-0.2, 0) is 14.3 Å². The number of amides is 1. The Morgan fingerprint density at radius 3 is 2.43 bits per heavy atom. The molecule has 28 heavy (non-hydrogen) atoms. The van der Waals surface area contributed by atoms with E-state index < -0.39 is 11.9 Å². The van der Waals surface area contributed by atoms with Gasteiger partial charge >= 0.3 is 5.97 Å². The van der Waals surface area contributed by atoms with Crippen molar-refractivity contribution in [3.63, 3.8) is 0 Å². The predicted molar refractivity (Wildman–Crippen MR) is 108 cm³/mol. The van der Waals surface area contributed by atoms with Crippen molar-refractivity contribution in [3.8, 4) is 0 Å². The van der Waals surface area contributed by atoms with E-state index in [1.54, 1.807) is 17.0 Å². The van der Waals surface area contributed by atoms with E-state index in [9.17, 15) is 14.4 Å². The zero-order valence-corrected chi connectivity index (χ0v) is 16.7. The molecule has 1 aliphatic heterocycles. The minimum absolute atomic E-state index is 0.101. The normalized spacial score (nSPS) is 16.4. The number of benzene rings is 2. The Bertz CT molecular complexity index is 948. The summed E-state index contributed by atoms with van der Waals surface area (Å²) in [7, 11) is 0. The summed E-state index contributed by atoms with van der Waals surface area (Å²) in [5.41, 5.74) is 5.57. The Morgan fingerprint density at radius 1 is 1.00 bits per heavy atom. The fraction of sp³-hybridized carbons (Fsp3) is 0.348. The Kier molecular flexibility index (Phi) is 5.63. The number of ketones is 1. The van der Waals surface area contributed by atoms with E-state index in [1.165, 1.54) is 0 Å². The number of hydrogen-bond donors (Lipinski definition) is 0. The first-order valence-electron chi connectivity index (χ1n) is 9.41. The molecule has 1 saturated heterocycles. The third kappa shape index (κ3) is 4.14. The quantitative estimate of drug-likeness (QED) is 0.587. The summed E-state index contributed by atoms with van der Waals surface area (Å²) >= 11 is 0. The van der Waals surface area contributed by atoms with Crippen LogP contribution in [0.3, 0.4) is 0 Å². The van der Waals surface area contributed by atoms with Gasteiger partial charge in [-0.05, 0) is 56.5 Å². The van der Waals surface area contributed by atoms with Crippen LogP contribution in [0.1, 0.15) is 39.0 Å². The number of esters is 1. The van der Waals surface area contributed by atoms with E-state index in [1.807, 2.05) is 52.0 Å². The molecule has 146 valence electrons. The summed E-state index contributed by atoms with van der Waals surface area (Å²) < 4.78 is 5.23. The lowest BCUT2D eigenvalue weighted by Gasteiger charge is -2.19. The molecule has 1 atom stereocenters. The molecule has 2 aromatic carbocycles. The SMILES string of the molecule is Cc1ccc(N2C[C@H](C(=O)OCC(=O)c3ccc(C)c(C)c3)CC2=O)c(C)c1. The number of anilines is 1. The number of nitrogens with zero attached hydrogens (tertiary/aromatic N) is 1. The van der Waals surface area contributed by atoms with Crippen molar-refractivity contribution in [2.45, 2.75) is 34.1 Å². The van der Waals surface area contributed by atoms with Crippen LogP contribution in [0.4, 0.5) is 5.69 Å². The Hall–Kier alpha value is -2.95. The molecule has 1 heterocycles. The van der Waals surface area contributed by atoms with E-state index in [-0.39, 0.29) is 31.3 Å². The maximum Gasteiger partial charge on any atom is 0.311 e. The monoisotopic (exact) mass is 379 g/mol. The molecule has 2 aromatic rings. The fourth-order valence-electron chi connectivity index (χ4n) is 3.46. The van der Waals surface area contributed by atoms with Crippen LogP contribution in [0.5, 0.6) is 0 Å². The van der Waals surface area contributed by atoms with E-state index in [0.29, 0.717) is 5.56 Å². The van der Waals surface area contributed by atoms with Gasteiger partial charge in [0.25, 0.3) is 0 Å². The number of aryl methyl sites for hydroxylation is 4. The highest BCUT2D eigenvalue weighted by Gasteiger charge is 2.36. The number of rotatable bonds is 5. The van der Waals surface area contributed by atoms with Gasteiger partial charge in [-0.2, -0.15) is 0 Å². The van der Waals surface area contributed by atoms with Gasteiger partial charge in [0.05, 0.1) is 5.92 Å². The number of carbonyl (C=O) groups excluding carboxylic acids is 3. The van der Waals surface area contributed by atoms with Gasteiger partial charge in [0.1, 0.15) is 0 Å². The fourth-order valence-corrected chi connectivity index (χ4v) is 3.46. The van der Waals surface area contributed by atoms with Crippen LogP contribution in [0, 0.1) is 33.6 Å². The van der Waals surface area contributed by atoms with Gasteiger partial charge in [0, 0.05) is 24.2 Å². The Morgan fingerprint density at radius 2 is 1.75 bits per heavy atom. The minimum atomic E-state index is -0.555. The van der Waals surface area contributed by atoms with E-state index >= 15 is 0 Å². The Balaban J connectivity index is 1.61. The average molecular weight is 379 g/mol. The molecule has 1 amide bonds. The van der Waals surface area contributed by atoms with Crippen LogP contribution < -0.4 is 4.90 Å². The summed E-state index contributed by atoms with van der Waals surface area (Å²) in [4.78, 5) is 38.7. The van der Waals surface area contributed by atoms with Gasteiger partial charge in [0.15, 0.2) is 12.4 Å². The molecule has 0 N–H and O–H groups in total. The van der Waals surface area contributed by atoms with E-state index in [2.05, 4.69) is 0 Å². The minimum Gasteiger partial charge on any atom is -0.457 e. The highest BCUT2D eigenvalue weighted by molar-refractivity contribution is 6.01. The first-order valence-corrected chi connectivity index (χ1v) is 9.41. The lowest BCUT2D eigenvalue weighted by molar-refractivity contribution is -0.147. The Labute approximate surface area is 165 Å². The van der Waals surface area contributed by atoms with Gasteiger partial charge in [-0.25, -0.2) is 0 Å². The van der Waals surface area contributed by atoms with Crippen molar-refractivity contribution in [1.82, 2.24) is 0 Å². The van der Waals surface area contributed by atoms with Crippen LogP contribution in [0.2, 0.25) is 0 Å². The van der Waals surface area contributed by atoms with Crippen molar-refractivity contribution in [2.24, 2.45) is 5.92 Å². The zero-order valence-electron chi connectivity index (χ0n) is 16.7. The molecule has 0 bridgehead atoms. The summed E-state index contributed by atoms with van der Waals surface area (Å²) in [5.74, 6) is -1.40. The maximum absolute atomic E-state index is 12.4. The van der Waals surface area contributed by atoms with Crippen LogP contribution in [0.25, 0.3) is 0 Å². The first-order chi connectivity index (χ1) is 13.3. The third-order valence-corrected chi connectivity index (χ3v) is 5.28. The van der Waals surface area contributed by atoms with E-state index in [4.69, 9.17) is 4.74 Å². The molecule has 0 aliphatic carbocycles. The second-order valence-corrected chi connectivity index (χ2v) is 7.53. The topological polar surface area (TPSA) is 63.7 Å². The number of carbonyl (C=O) groups is 3. The lowest BCUT2D eigenvalue weighted by atomic mass is 10.0. The van der Waals surface area contributed by atoms with Crippen molar-refractivity contribution >= 4 is 23.3 Å². The molecule has 0 spiro atoms. The molecule has 5 nitrogen and oxygen atoms in total. The van der Waals surface area contributed by atoms with E-state index in [0.717, 1.165) is 27.9 Å². The standard InChI is InChI=1S/C23H25NO4/c1-14-5-8-20(17(4)9-14)24-12-19(11-22(24)26)23(27)28-13-21(25)18-7-6-15(2)16(3)10-18/h5-10,19H,11-13H2,1-4H3/t19-/m1/s1. The van der Waals surface area contributed by atoms with Gasteiger partial charge < -0.3 is 9.64 Å². The van der Waals surface area contributed by atoms with Gasteiger partial charge in [-0.3, -0.25) is 14.4 Å². The molecule has 5 heteroatoms. The number of Topliss-reactive ketones (excluding diaryl/α,β-unsaturated/α-hetero) is 1. The molecule has 0 saturated carbocycles. The predicted octanol–water partition coefficient (Wildman–Crippen LogP) is 3.70. The highest BCUT2D eigenvalue weighted by Crippen LogP contribution is 2.29. The molecule has 0 aromatic heterocycles. The van der Waals surface area contributed by atoms with Crippen LogP contribution >= 0.6 is 0 Å². The van der Waals surface area contributed by atoms with Crippen LogP contribution in [-0.4, -0.2) is 30.8 Å².